The second-order valence-electron chi connectivity index (χ2n) is 4.69. The van der Waals surface area contributed by atoms with Crippen molar-refractivity contribution in [3.63, 3.8) is 0 Å². The largest absolute Gasteiger partial charge is 0.368 e. The molecule has 0 aliphatic carbocycles. The molecule has 0 bridgehead atoms. The van der Waals surface area contributed by atoms with E-state index in [1.54, 1.807) is 6.07 Å². The van der Waals surface area contributed by atoms with Crippen LogP contribution in [0.1, 0.15) is 11.1 Å². The Balaban J connectivity index is 2.68. The SMILES string of the molecule is Cc1cc2c(cc1C)S(=O)(=O)CC(CN)N2C. The van der Waals surface area contributed by atoms with E-state index in [9.17, 15) is 8.42 Å². The first kappa shape index (κ1) is 12.4. The first-order valence-corrected chi connectivity index (χ1v) is 7.29. The highest BCUT2D eigenvalue weighted by molar-refractivity contribution is 7.91. The van der Waals surface area contributed by atoms with E-state index in [4.69, 9.17) is 5.73 Å². The normalized spacial score (nSPS) is 22.4. The van der Waals surface area contributed by atoms with Gasteiger partial charge in [0.2, 0.25) is 0 Å². The average molecular weight is 254 g/mol. The Morgan fingerprint density at radius 1 is 1.35 bits per heavy atom. The molecule has 2 rings (SSSR count). The van der Waals surface area contributed by atoms with Crippen LogP contribution in [0, 0.1) is 13.8 Å². The number of rotatable bonds is 1. The predicted octanol–water partition coefficient (Wildman–Crippen LogP) is 0.854. The average Bonchev–Trinajstić information content (AvgIpc) is 2.26. The van der Waals surface area contributed by atoms with Crippen molar-refractivity contribution in [2.24, 2.45) is 5.73 Å². The molecule has 17 heavy (non-hydrogen) atoms. The molecular weight excluding hydrogens is 236 g/mol. The predicted molar refractivity (Wildman–Crippen MR) is 69.2 cm³/mol. The quantitative estimate of drug-likeness (QED) is 0.807. The summed E-state index contributed by atoms with van der Waals surface area (Å²) in [5.74, 6) is 0.107. The molecule has 1 unspecified atom stereocenters. The molecule has 1 aliphatic rings. The first-order valence-electron chi connectivity index (χ1n) is 5.63. The molecule has 0 spiro atoms. The number of hydrogen-bond donors (Lipinski definition) is 1. The van der Waals surface area contributed by atoms with Crippen LogP contribution in [0.5, 0.6) is 0 Å². The molecule has 4 nitrogen and oxygen atoms in total. The smallest absolute Gasteiger partial charge is 0.182 e. The summed E-state index contributed by atoms with van der Waals surface area (Å²) in [6.07, 6.45) is 0. The summed E-state index contributed by atoms with van der Waals surface area (Å²) in [5.41, 5.74) is 8.51. The maximum atomic E-state index is 12.2. The lowest BCUT2D eigenvalue weighted by atomic mass is 10.1. The summed E-state index contributed by atoms with van der Waals surface area (Å²) in [5, 5.41) is 0. The molecular formula is C12H18N2O2S. The van der Waals surface area contributed by atoms with Gasteiger partial charge in [0.1, 0.15) is 0 Å². The highest BCUT2D eigenvalue weighted by Gasteiger charge is 2.33. The van der Waals surface area contributed by atoms with E-state index < -0.39 is 9.84 Å². The van der Waals surface area contributed by atoms with Crippen molar-refractivity contribution in [2.45, 2.75) is 24.8 Å². The van der Waals surface area contributed by atoms with E-state index in [0.717, 1.165) is 16.8 Å². The summed E-state index contributed by atoms with van der Waals surface area (Å²) in [7, 11) is -1.29. The number of anilines is 1. The molecule has 94 valence electrons. The van der Waals surface area contributed by atoms with Crippen LogP contribution < -0.4 is 10.6 Å². The van der Waals surface area contributed by atoms with E-state index >= 15 is 0 Å². The van der Waals surface area contributed by atoms with Gasteiger partial charge in [0.05, 0.1) is 22.4 Å². The van der Waals surface area contributed by atoms with E-state index in [-0.39, 0.29) is 11.8 Å². The number of hydrogen-bond acceptors (Lipinski definition) is 4. The van der Waals surface area contributed by atoms with E-state index in [1.165, 1.54) is 0 Å². The fraction of sp³-hybridized carbons (Fsp3) is 0.500. The molecule has 1 aliphatic heterocycles. The highest BCUT2D eigenvalue weighted by Crippen LogP contribution is 2.34. The van der Waals surface area contributed by atoms with Gasteiger partial charge in [-0.25, -0.2) is 8.42 Å². The standard InChI is InChI=1S/C12H18N2O2S/c1-8-4-11-12(5-9(8)2)17(15,16)7-10(6-13)14(11)3/h4-5,10H,6-7,13H2,1-3H3. The summed E-state index contributed by atoms with van der Waals surface area (Å²) in [6, 6.07) is 3.57. The fourth-order valence-corrected chi connectivity index (χ4v) is 4.10. The van der Waals surface area contributed by atoms with E-state index in [0.29, 0.717) is 11.4 Å². The van der Waals surface area contributed by atoms with Crippen molar-refractivity contribution >= 4 is 15.5 Å². The highest BCUT2D eigenvalue weighted by atomic mass is 32.2. The van der Waals surface area contributed by atoms with E-state index in [1.807, 2.05) is 31.9 Å². The van der Waals surface area contributed by atoms with Gasteiger partial charge in [-0.15, -0.1) is 0 Å². The van der Waals surface area contributed by atoms with Gasteiger partial charge in [0, 0.05) is 13.6 Å². The zero-order chi connectivity index (χ0) is 12.8. The second-order valence-corrected chi connectivity index (χ2v) is 6.69. The molecule has 0 aromatic heterocycles. The van der Waals surface area contributed by atoms with Gasteiger partial charge in [-0.05, 0) is 37.1 Å². The third-order valence-corrected chi connectivity index (χ3v) is 5.34. The number of nitrogens with two attached hydrogens (primary N) is 1. The van der Waals surface area contributed by atoms with Crippen LogP contribution in [0.25, 0.3) is 0 Å². The molecule has 2 N–H and O–H groups in total. The first-order chi connectivity index (χ1) is 7.86. The van der Waals surface area contributed by atoms with Gasteiger partial charge >= 0.3 is 0 Å². The van der Waals surface area contributed by atoms with Crippen LogP contribution in [0.15, 0.2) is 17.0 Å². The molecule has 1 aromatic rings. The van der Waals surface area contributed by atoms with Crippen LogP contribution in [0.2, 0.25) is 0 Å². The summed E-state index contributed by atoms with van der Waals surface area (Å²) in [6.45, 7) is 4.27. The Morgan fingerprint density at radius 2 is 1.94 bits per heavy atom. The number of nitrogens with zero attached hydrogens (tertiary/aromatic N) is 1. The van der Waals surface area contributed by atoms with Crippen LogP contribution in [-0.2, 0) is 9.84 Å². The zero-order valence-corrected chi connectivity index (χ0v) is 11.2. The Hall–Kier alpha value is -1.07. The fourth-order valence-electron chi connectivity index (χ4n) is 2.18. The van der Waals surface area contributed by atoms with Crippen molar-refractivity contribution in [3.8, 4) is 0 Å². The van der Waals surface area contributed by atoms with Crippen LogP contribution in [-0.4, -0.2) is 33.8 Å². The monoisotopic (exact) mass is 254 g/mol. The van der Waals surface area contributed by atoms with Crippen molar-refractivity contribution in [1.29, 1.82) is 0 Å². The lowest BCUT2D eigenvalue weighted by Gasteiger charge is -2.35. The molecule has 5 heteroatoms. The Bertz CT molecular complexity index is 552. The van der Waals surface area contributed by atoms with Crippen molar-refractivity contribution in [3.05, 3.63) is 23.3 Å². The van der Waals surface area contributed by atoms with Crippen molar-refractivity contribution < 1.29 is 8.42 Å². The molecule has 0 fully saturated rings. The number of benzene rings is 1. The zero-order valence-electron chi connectivity index (χ0n) is 10.4. The molecule has 0 amide bonds. The summed E-state index contributed by atoms with van der Waals surface area (Å²) in [4.78, 5) is 2.41. The van der Waals surface area contributed by atoms with Crippen LogP contribution >= 0.6 is 0 Å². The lowest BCUT2D eigenvalue weighted by Crippen LogP contribution is -2.46. The van der Waals surface area contributed by atoms with Crippen molar-refractivity contribution in [2.75, 3.05) is 24.2 Å². The van der Waals surface area contributed by atoms with Crippen LogP contribution in [0.3, 0.4) is 0 Å². The minimum atomic E-state index is -3.20. The lowest BCUT2D eigenvalue weighted by molar-refractivity contribution is 0.572. The molecule has 0 saturated carbocycles. The molecule has 1 heterocycles. The Kier molecular flexibility index (Phi) is 2.91. The summed E-state index contributed by atoms with van der Waals surface area (Å²) >= 11 is 0. The molecule has 1 aromatic carbocycles. The van der Waals surface area contributed by atoms with Crippen molar-refractivity contribution in [1.82, 2.24) is 0 Å². The third kappa shape index (κ3) is 1.93. The minimum Gasteiger partial charge on any atom is -0.368 e. The van der Waals surface area contributed by atoms with Gasteiger partial charge in [-0.3, -0.25) is 0 Å². The van der Waals surface area contributed by atoms with E-state index in [2.05, 4.69) is 0 Å². The van der Waals surface area contributed by atoms with Gasteiger partial charge in [-0.1, -0.05) is 0 Å². The minimum absolute atomic E-state index is 0.107. The van der Waals surface area contributed by atoms with Gasteiger partial charge < -0.3 is 10.6 Å². The molecule has 1 atom stereocenters. The van der Waals surface area contributed by atoms with Gasteiger partial charge in [0.15, 0.2) is 9.84 Å². The topological polar surface area (TPSA) is 63.4 Å². The Labute approximate surface area is 102 Å². The van der Waals surface area contributed by atoms with Gasteiger partial charge in [0.25, 0.3) is 0 Å². The Morgan fingerprint density at radius 3 is 2.53 bits per heavy atom. The maximum Gasteiger partial charge on any atom is 0.182 e. The summed E-state index contributed by atoms with van der Waals surface area (Å²) < 4.78 is 24.3. The third-order valence-electron chi connectivity index (χ3n) is 3.52. The number of likely N-dealkylation sites (N-methyl/N-ethyl adjacent to an activating group) is 1. The van der Waals surface area contributed by atoms with Gasteiger partial charge in [-0.2, -0.15) is 0 Å². The maximum absolute atomic E-state index is 12.2. The number of aryl methyl sites for hydroxylation is 2. The number of sulfone groups is 1. The molecule has 0 saturated heterocycles. The molecule has 0 radical (unpaired) electrons. The second kappa shape index (κ2) is 3.99. The van der Waals surface area contributed by atoms with Crippen LogP contribution in [0.4, 0.5) is 5.69 Å². The number of fused-ring (bicyclic) bond motifs is 1.